The molecule has 1 saturated heterocycles. The summed E-state index contributed by atoms with van der Waals surface area (Å²) in [4.78, 5) is 39.2. The maximum absolute atomic E-state index is 13.0. The van der Waals surface area contributed by atoms with Gasteiger partial charge in [-0.2, -0.15) is 0 Å². The number of nitrogens with zero attached hydrogens (tertiary/aromatic N) is 3. The van der Waals surface area contributed by atoms with Gasteiger partial charge in [-0.05, 0) is 48.4 Å². The van der Waals surface area contributed by atoms with Crippen LogP contribution in [0.2, 0.25) is 0 Å². The molecule has 1 heterocycles. The second-order valence-electron chi connectivity index (χ2n) is 7.50. The highest BCUT2D eigenvalue weighted by Crippen LogP contribution is 2.24. The van der Waals surface area contributed by atoms with Crippen molar-refractivity contribution in [1.29, 1.82) is 0 Å². The lowest BCUT2D eigenvalue weighted by atomic mass is 10.1. The van der Waals surface area contributed by atoms with Gasteiger partial charge in [0.1, 0.15) is 0 Å². The first-order valence-electron chi connectivity index (χ1n) is 10.3. The van der Waals surface area contributed by atoms with Crippen LogP contribution in [0.15, 0.2) is 78.9 Å². The number of rotatable bonds is 6. The van der Waals surface area contributed by atoms with E-state index >= 15 is 0 Å². The van der Waals surface area contributed by atoms with Crippen molar-refractivity contribution in [3.8, 4) is 0 Å². The van der Waals surface area contributed by atoms with Crippen LogP contribution in [0, 0.1) is 10.1 Å². The Hall–Kier alpha value is -4.20. The number of urea groups is 1. The normalized spacial score (nSPS) is 13.7. The molecule has 4 rings (SSSR count). The van der Waals surface area contributed by atoms with Gasteiger partial charge in [0.05, 0.1) is 4.92 Å². The Kier molecular flexibility index (Phi) is 6.12. The molecule has 0 unspecified atom stereocenters. The van der Waals surface area contributed by atoms with Crippen LogP contribution in [-0.2, 0) is 6.54 Å². The monoisotopic (exact) mass is 430 g/mol. The third kappa shape index (κ3) is 4.75. The molecule has 162 valence electrons. The largest absolute Gasteiger partial charge is 0.324 e. The highest BCUT2D eigenvalue weighted by atomic mass is 16.6. The Morgan fingerprint density at radius 3 is 2.28 bits per heavy atom. The minimum absolute atomic E-state index is 0.0391. The zero-order valence-electron chi connectivity index (χ0n) is 17.3. The lowest BCUT2D eigenvalue weighted by molar-refractivity contribution is -0.384. The summed E-state index contributed by atoms with van der Waals surface area (Å²) in [6.45, 7) is 1.92. The number of carbonyl (C=O) groups excluding carboxylic acids is 2. The molecule has 0 bridgehead atoms. The molecule has 1 aliphatic heterocycles. The third-order valence-electron chi connectivity index (χ3n) is 5.30. The maximum Gasteiger partial charge on any atom is 0.324 e. The number of nitro benzene ring substituents is 1. The second-order valence-corrected chi connectivity index (χ2v) is 7.50. The van der Waals surface area contributed by atoms with Gasteiger partial charge >= 0.3 is 6.03 Å². The van der Waals surface area contributed by atoms with Crippen LogP contribution in [0.5, 0.6) is 0 Å². The Morgan fingerprint density at radius 2 is 1.62 bits per heavy atom. The zero-order chi connectivity index (χ0) is 22.5. The van der Waals surface area contributed by atoms with Crippen molar-refractivity contribution in [1.82, 2.24) is 4.90 Å². The molecule has 32 heavy (non-hydrogen) atoms. The lowest BCUT2D eigenvalue weighted by Gasteiger charge is -2.35. The van der Waals surface area contributed by atoms with Crippen molar-refractivity contribution >= 4 is 29.0 Å². The van der Waals surface area contributed by atoms with E-state index < -0.39 is 4.92 Å². The molecule has 3 aromatic carbocycles. The fourth-order valence-electron chi connectivity index (χ4n) is 3.63. The Labute approximate surface area is 185 Å². The summed E-state index contributed by atoms with van der Waals surface area (Å²) in [5.74, 6) is -0.365. The van der Waals surface area contributed by atoms with Crippen molar-refractivity contribution in [3.63, 3.8) is 0 Å². The zero-order valence-corrected chi connectivity index (χ0v) is 17.3. The van der Waals surface area contributed by atoms with Gasteiger partial charge in [-0.25, -0.2) is 4.79 Å². The Balaban J connectivity index is 1.40. The van der Waals surface area contributed by atoms with E-state index in [2.05, 4.69) is 5.32 Å². The highest BCUT2D eigenvalue weighted by Gasteiger charge is 2.26. The molecule has 8 nitrogen and oxygen atoms in total. The average molecular weight is 430 g/mol. The minimum atomic E-state index is -0.511. The predicted octanol–water partition coefficient (Wildman–Crippen LogP) is 4.68. The number of benzene rings is 3. The molecular formula is C24H22N4O4. The quantitative estimate of drug-likeness (QED) is 0.454. The molecule has 1 fully saturated rings. The van der Waals surface area contributed by atoms with Crippen LogP contribution < -0.4 is 10.2 Å². The van der Waals surface area contributed by atoms with E-state index in [-0.39, 0.29) is 17.6 Å². The van der Waals surface area contributed by atoms with E-state index in [9.17, 15) is 19.7 Å². The number of hydrogen-bond donors (Lipinski definition) is 1. The fraction of sp³-hybridized carbons (Fsp3) is 0.167. The van der Waals surface area contributed by atoms with E-state index in [1.54, 1.807) is 29.2 Å². The van der Waals surface area contributed by atoms with Crippen LogP contribution in [0.3, 0.4) is 0 Å². The molecule has 0 radical (unpaired) electrons. The van der Waals surface area contributed by atoms with Gasteiger partial charge in [-0.1, -0.05) is 30.3 Å². The smallest absolute Gasteiger partial charge is 0.322 e. The van der Waals surface area contributed by atoms with Crippen molar-refractivity contribution < 1.29 is 14.5 Å². The van der Waals surface area contributed by atoms with Crippen LogP contribution in [0.4, 0.5) is 21.9 Å². The van der Waals surface area contributed by atoms with E-state index in [1.165, 1.54) is 24.3 Å². The SMILES string of the molecule is O=C(Nc1ccc(N2CCCN(Cc3ccccc3)C2=O)cc1)c1ccc([N+](=O)[O-])cc1. The summed E-state index contributed by atoms with van der Waals surface area (Å²) in [6.07, 6.45) is 0.872. The van der Waals surface area contributed by atoms with Gasteiger partial charge in [-0.3, -0.25) is 19.8 Å². The van der Waals surface area contributed by atoms with Crippen molar-refractivity contribution in [3.05, 3.63) is 100 Å². The first-order chi connectivity index (χ1) is 15.5. The molecule has 1 N–H and O–H groups in total. The standard InChI is InChI=1S/C24H22N4O4/c29-23(19-7-11-22(12-8-19)28(31)32)25-20-9-13-21(14-10-20)27-16-4-15-26(24(27)30)17-18-5-2-1-3-6-18/h1-3,5-14H,4,15-17H2,(H,25,29). The van der Waals surface area contributed by atoms with E-state index in [0.717, 1.165) is 17.7 Å². The van der Waals surface area contributed by atoms with Crippen molar-refractivity contribution in [2.45, 2.75) is 13.0 Å². The van der Waals surface area contributed by atoms with Gasteiger partial charge < -0.3 is 10.2 Å². The molecule has 0 saturated carbocycles. The highest BCUT2D eigenvalue weighted by molar-refractivity contribution is 6.04. The number of non-ortho nitro benzene ring substituents is 1. The number of amides is 3. The molecule has 0 aromatic heterocycles. The third-order valence-corrected chi connectivity index (χ3v) is 5.30. The first-order valence-corrected chi connectivity index (χ1v) is 10.3. The number of hydrogen-bond acceptors (Lipinski definition) is 4. The van der Waals surface area contributed by atoms with Crippen LogP contribution in [-0.4, -0.2) is 34.9 Å². The molecule has 3 amide bonds. The number of anilines is 2. The number of carbonyl (C=O) groups is 2. The van der Waals surface area contributed by atoms with Crippen molar-refractivity contribution in [2.75, 3.05) is 23.3 Å². The molecule has 0 aliphatic carbocycles. The van der Waals surface area contributed by atoms with Crippen LogP contribution in [0.25, 0.3) is 0 Å². The lowest BCUT2D eigenvalue weighted by Crippen LogP contribution is -2.49. The molecule has 8 heteroatoms. The molecule has 0 atom stereocenters. The summed E-state index contributed by atoms with van der Waals surface area (Å²) in [6, 6.07) is 22.3. The van der Waals surface area contributed by atoms with Crippen LogP contribution in [0.1, 0.15) is 22.3 Å². The van der Waals surface area contributed by atoms with E-state index in [1.807, 2.05) is 35.2 Å². The molecule has 0 spiro atoms. The Bertz CT molecular complexity index is 1120. The molecule has 3 aromatic rings. The minimum Gasteiger partial charge on any atom is -0.322 e. The van der Waals surface area contributed by atoms with Gasteiger partial charge in [0.2, 0.25) is 0 Å². The summed E-state index contributed by atoms with van der Waals surface area (Å²) in [5, 5.41) is 13.5. The van der Waals surface area contributed by atoms with Gasteiger partial charge in [0, 0.05) is 48.7 Å². The molecule has 1 aliphatic rings. The second kappa shape index (κ2) is 9.30. The van der Waals surface area contributed by atoms with E-state index in [4.69, 9.17) is 0 Å². The summed E-state index contributed by atoms with van der Waals surface area (Å²) >= 11 is 0. The maximum atomic E-state index is 13.0. The number of nitrogens with one attached hydrogen (secondary N) is 1. The summed E-state index contributed by atoms with van der Waals surface area (Å²) < 4.78 is 0. The average Bonchev–Trinajstić information content (AvgIpc) is 2.82. The van der Waals surface area contributed by atoms with E-state index in [0.29, 0.717) is 30.9 Å². The molecular weight excluding hydrogens is 408 g/mol. The van der Waals surface area contributed by atoms with Crippen LogP contribution >= 0.6 is 0 Å². The fourth-order valence-corrected chi connectivity index (χ4v) is 3.63. The van der Waals surface area contributed by atoms with Crippen molar-refractivity contribution in [2.24, 2.45) is 0 Å². The van der Waals surface area contributed by atoms with Gasteiger partial charge in [0.25, 0.3) is 11.6 Å². The van der Waals surface area contributed by atoms with Gasteiger partial charge in [0.15, 0.2) is 0 Å². The number of nitro groups is 1. The first kappa shape index (κ1) is 21.0. The summed E-state index contributed by atoms with van der Waals surface area (Å²) in [7, 11) is 0. The topological polar surface area (TPSA) is 95.8 Å². The predicted molar refractivity (Wildman–Crippen MR) is 122 cm³/mol. The van der Waals surface area contributed by atoms with Gasteiger partial charge in [-0.15, -0.1) is 0 Å². The summed E-state index contributed by atoms with van der Waals surface area (Å²) in [5.41, 5.74) is 2.68. The Morgan fingerprint density at radius 1 is 0.938 bits per heavy atom.